The second-order valence-electron chi connectivity index (χ2n) is 7.01. The summed E-state index contributed by atoms with van der Waals surface area (Å²) < 4.78 is 0. The molecule has 0 spiro atoms. The molecule has 0 aromatic rings. The van der Waals surface area contributed by atoms with E-state index in [0.29, 0.717) is 0 Å². The Morgan fingerprint density at radius 1 is 1.20 bits per heavy atom. The van der Waals surface area contributed by atoms with Crippen molar-refractivity contribution in [2.24, 2.45) is 5.92 Å². The number of nitrogens with zero attached hydrogens (tertiary/aromatic N) is 1. The highest BCUT2D eigenvalue weighted by Gasteiger charge is 2.29. The predicted octanol–water partition coefficient (Wildman–Crippen LogP) is 1.36. The first-order valence-electron chi connectivity index (χ1n) is 8.41. The summed E-state index contributed by atoms with van der Waals surface area (Å²) in [7, 11) is 0. The van der Waals surface area contributed by atoms with Gasteiger partial charge in [-0.1, -0.05) is 19.3 Å². The van der Waals surface area contributed by atoms with Crippen LogP contribution in [-0.2, 0) is 0 Å². The fourth-order valence-electron chi connectivity index (χ4n) is 3.64. The zero-order valence-electron chi connectivity index (χ0n) is 13.0. The third-order valence-corrected chi connectivity index (χ3v) is 4.90. The molecule has 0 aromatic heterocycles. The van der Waals surface area contributed by atoms with E-state index in [1.165, 1.54) is 32.1 Å². The van der Waals surface area contributed by atoms with Gasteiger partial charge in [0.05, 0.1) is 11.7 Å². The van der Waals surface area contributed by atoms with Gasteiger partial charge < -0.3 is 20.4 Å². The average Bonchev–Trinajstić information content (AvgIpc) is 2.41. The fraction of sp³-hybridized carbons (Fsp3) is 1.00. The summed E-state index contributed by atoms with van der Waals surface area (Å²) in [6.45, 7) is 6.66. The molecular weight excluding hydrogens is 252 g/mol. The number of nitrogens with one attached hydrogen (secondary N) is 1. The molecule has 20 heavy (non-hydrogen) atoms. The minimum atomic E-state index is -0.439. The van der Waals surface area contributed by atoms with Crippen molar-refractivity contribution in [2.45, 2.75) is 63.6 Å². The van der Waals surface area contributed by atoms with Gasteiger partial charge in [-0.2, -0.15) is 0 Å². The van der Waals surface area contributed by atoms with Crippen molar-refractivity contribution in [1.82, 2.24) is 10.2 Å². The minimum Gasteiger partial charge on any atom is -0.392 e. The Kier molecular flexibility index (Phi) is 6.27. The lowest BCUT2D eigenvalue weighted by Gasteiger charge is -2.35. The molecule has 1 aliphatic heterocycles. The van der Waals surface area contributed by atoms with Crippen molar-refractivity contribution in [3.8, 4) is 0 Å². The summed E-state index contributed by atoms with van der Waals surface area (Å²) in [6.07, 6.45) is 7.76. The zero-order chi connectivity index (χ0) is 14.4. The average molecular weight is 284 g/mol. The van der Waals surface area contributed by atoms with E-state index in [9.17, 15) is 10.2 Å². The van der Waals surface area contributed by atoms with Crippen LogP contribution in [0.2, 0.25) is 0 Å². The van der Waals surface area contributed by atoms with Crippen molar-refractivity contribution >= 4 is 0 Å². The van der Waals surface area contributed by atoms with Gasteiger partial charge in [-0.3, -0.25) is 0 Å². The maximum absolute atomic E-state index is 10.4. The fourth-order valence-corrected chi connectivity index (χ4v) is 3.64. The lowest BCUT2D eigenvalue weighted by molar-refractivity contribution is 0.00354. The molecule has 4 nitrogen and oxygen atoms in total. The van der Waals surface area contributed by atoms with Gasteiger partial charge in [0.2, 0.25) is 0 Å². The van der Waals surface area contributed by atoms with Gasteiger partial charge in [-0.15, -0.1) is 0 Å². The van der Waals surface area contributed by atoms with Crippen LogP contribution in [0.4, 0.5) is 0 Å². The lowest BCUT2D eigenvalue weighted by atomic mass is 9.84. The second-order valence-corrected chi connectivity index (χ2v) is 7.01. The molecule has 3 N–H and O–H groups in total. The van der Waals surface area contributed by atoms with Crippen LogP contribution in [0.15, 0.2) is 0 Å². The molecule has 1 saturated carbocycles. The third-order valence-electron chi connectivity index (χ3n) is 4.90. The predicted molar refractivity (Wildman–Crippen MR) is 81.7 cm³/mol. The summed E-state index contributed by atoms with van der Waals surface area (Å²) >= 11 is 0. The van der Waals surface area contributed by atoms with Crippen LogP contribution in [0.3, 0.4) is 0 Å². The van der Waals surface area contributed by atoms with E-state index in [2.05, 4.69) is 10.2 Å². The summed E-state index contributed by atoms with van der Waals surface area (Å²) in [5, 5.41) is 23.3. The molecule has 0 aromatic carbocycles. The molecule has 1 saturated heterocycles. The maximum Gasteiger partial charge on any atom is 0.0771 e. The molecule has 0 bridgehead atoms. The van der Waals surface area contributed by atoms with E-state index >= 15 is 0 Å². The molecular formula is C16H32N2O2. The molecule has 0 radical (unpaired) electrons. The molecule has 4 heteroatoms. The summed E-state index contributed by atoms with van der Waals surface area (Å²) in [5.74, 6) is 0.729. The van der Waals surface area contributed by atoms with Gasteiger partial charge in [0, 0.05) is 13.1 Å². The van der Waals surface area contributed by atoms with Gasteiger partial charge in [-0.25, -0.2) is 0 Å². The first-order valence-corrected chi connectivity index (χ1v) is 8.41. The van der Waals surface area contributed by atoms with E-state index in [1.807, 2.05) is 6.92 Å². The second kappa shape index (κ2) is 7.74. The van der Waals surface area contributed by atoms with Crippen LogP contribution in [0.1, 0.15) is 51.9 Å². The van der Waals surface area contributed by atoms with E-state index in [0.717, 1.165) is 51.5 Å². The molecule has 1 atom stereocenters. The van der Waals surface area contributed by atoms with Gasteiger partial charge >= 0.3 is 0 Å². The zero-order valence-corrected chi connectivity index (χ0v) is 13.0. The Hall–Kier alpha value is -0.160. The molecule has 1 aliphatic carbocycles. The Labute approximate surface area is 123 Å². The molecule has 2 rings (SSSR count). The highest BCUT2D eigenvalue weighted by atomic mass is 16.3. The van der Waals surface area contributed by atoms with Gasteiger partial charge in [0.25, 0.3) is 0 Å². The molecule has 1 heterocycles. The van der Waals surface area contributed by atoms with Crippen LogP contribution in [0, 0.1) is 5.92 Å². The topological polar surface area (TPSA) is 55.7 Å². The van der Waals surface area contributed by atoms with Crippen molar-refractivity contribution in [2.75, 3.05) is 32.7 Å². The molecule has 2 fully saturated rings. The van der Waals surface area contributed by atoms with Gasteiger partial charge in [-0.05, 0) is 58.2 Å². The number of aliphatic hydroxyl groups excluding tert-OH is 1. The first kappa shape index (κ1) is 16.2. The van der Waals surface area contributed by atoms with E-state index in [1.54, 1.807) is 0 Å². The third kappa shape index (κ3) is 5.32. The number of aliphatic hydroxyl groups is 2. The lowest BCUT2D eigenvalue weighted by Crippen LogP contribution is -2.45. The van der Waals surface area contributed by atoms with E-state index in [4.69, 9.17) is 0 Å². The van der Waals surface area contributed by atoms with Crippen LogP contribution in [-0.4, -0.2) is 59.5 Å². The number of rotatable bonds is 6. The van der Waals surface area contributed by atoms with Crippen molar-refractivity contribution in [3.63, 3.8) is 0 Å². The van der Waals surface area contributed by atoms with Crippen LogP contribution in [0.5, 0.6) is 0 Å². The van der Waals surface area contributed by atoms with Crippen molar-refractivity contribution in [3.05, 3.63) is 0 Å². The monoisotopic (exact) mass is 284 g/mol. The molecule has 2 aliphatic rings. The SMILES string of the molecule is CC(O)CN1CCC(CNCC2(O)CCCCC2)CC1. The van der Waals surface area contributed by atoms with Crippen molar-refractivity contribution < 1.29 is 10.2 Å². The van der Waals surface area contributed by atoms with Crippen molar-refractivity contribution in [1.29, 1.82) is 0 Å². The Morgan fingerprint density at radius 3 is 2.45 bits per heavy atom. The first-order chi connectivity index (χ1) is 9.57. The quantitative estimate of drug-likeness (QED) is 0.689. The summed E-state index contributed by atoms with van der Waals surface area (Å²) in [6, 6.07) is 0. The number of hydrogen-bond donors (Lipinski definition) is 3. The van der Waals surface area contributed by atoms with Crippen LogP contribution in [0.25, 0.3) is 0 Å². The Morgan fingerprint density at radius 2 is 1.85 bits per heavy atom. The minimum absolute atomic E-state index is 0.217. The number of β-amino-alcohol motifs (C(OH)–C–C–N with tert-alkyl or cyclic N) is 1. The standard InChI is InChI=1S/C16H32N2O2/c1-14(19)12-18-9-5-15(6-10-18)11-17-13-16(20)7-3-2-4-8-16/h14-15,17,19-20H,2-13H2,1H3. The number of likely N-dealkylation sites (tertiary alicyclic amines) is 1. The van der Waals surface area contributed by atoms with Gasteiger partial charge in [0.1, 0.15) is 0 Å². The smallest absolute Gasteiger partial charge is 0.0771 e. The Bertz CT molecular complexity index is 270. The molecule has 0 amide bonds. The summed E-state index contributed by atoms with van der Waals surface area (Å²) in [5.41, 5.74) is -0.439. The highest BCUT2D eigenvalue weighted by Crippen LogP contribution is 2.27. The van der Waals surface area contributed by atoms with Crippen LogP contribution >= 0.6 is 0 Å². The largest absolute Gasteiger partial charge is 0.392 e. The Balaban J connectivity index is 1.59. The maximum atomic E-state index is 10.4. The number of piperidine rings is 1. The highest BCUT2D eigenvalue weighted by molar-refractivity contribution is 4.85. The summed E-state index contributed by atoms with van der Waals surface area (Å²) in [4.78, 5) is 2.36. The van der Waals surface area contributed by atoms with E-state index in [-0.39, 0.29) is 6.10 Å². The molecule has 1 unspecified atom stereocenters. The van der Waals surface area contributed by atoms with E-state index < -0.39 is 5.60 Å². The van der Waals surface area contributed by atoms with Gasteiger partial charge in [0.15, 0.2) is 0 Å². The number of hydrogen-bond acceptors (Lipinski definition) is 4. The van der Waals surface area contributed by atoms with Crippen LogP contribution < -0.4 is 5.32 Å². The normalized spacial score (nSPS) is 26.6. The molecule has 118 valence electrons.